The Morgan fingerprint density at radius 1 is 1.56 bits per heavy atom. The number of ether oxygens (including phenoxy) is 1. The lowest BCUT2D eigenvalue weighted by molar-refractivity contribution is 0.1000. The van der Waals surface area contributed by atoms with Crippen molar-refractivity contribution in [3.05, 3.63) is 23.9 Å². The minimum absolute atomic E-state index is 0.382. The molecule has 1 amide bonds. The summed E-state index contributed by atoms with van der Waals surface area (Å²) in [6.07, 6.45) is 1.41. The van der Waals surface area contributed by atoms with Crippen LogP contribution >= 0.6 is 0 Å². The monoisotopic (exact) mass is 223 g/mol. The summed E-state index contributed by atoms with van der Waals surface area (Å²) in [5.74, 6) is 0.0103. The quantitative estimate of drug-likeness (QED) is 0.691. The van der Waals surface area contributed by atoms with Crippen LogP contribution in [0.25, 0.3) is 0 Å². The highest BCUT2D eigenvalue weighted by Crippen LogP contribution is 2.06. The molecule has 88 valence electrons. The van der Waals surface area contributed by atoms with E-state index in [0.717, 1.165) is 6.54 Å². The average molecular weight is 223 g/mol. The van der Waals surface area contributed by atoms with Gasteiger partial charge < -0.3 is 15.8 Å². The minimum atomic E-state index is -0.486. The summed E-state index contributed by atoms with van der Waals surface area (Å²) in [4.78, 5) is 14.7. The van der Waals surface area contributed by atoms with Gasteiger partial charge in [0.2, 0.25) is 11.8 Å². The Morgan fingerprint density at radius 2 is 2.31 bits per heavy atom. The molecule has 0 unspecified atom stereocenters. The molecule has 0 atom stereocenters. The number of rotatable bonds is 6. The van der Waals surface area contributed by atoms with E-state index in [2.05, 4.69) is 24.1 Å². The maximum Gasteiger partial charge on any atom is 0.250 e. The Bertz CT molecular complexity index is 336. The highest BCUT2D eigenvalue weighted by molar-refractivity contribution is 5.92. The molecule has 0 aliphatic heterocycles. The van der Waals surface area contributed by atoms with Crippen LogP contribution in [0.2, 0.25) is 0 Å². The van der Waals surface area contributed by atoms with Gasteiger partial charge in [-0.2, -0.15) is 0 Å². The zero-order valence-electron chi connectivity index (χ0n) is 9.56. The highest BCUT2D eigenvalue weighted by Gasteiger charge is 2.01. The van der Waals surface area contributed by atoms with Crippen molar-refractivity contribution in [2.75, 3.05) is 13.2 Å². The van der Waals surface area contributed by atoms with Crippen molar-refractivity contribution < 1.29 is 9.53 Å². The molecule has 1 rings (SSSR count). The summed E-state index contributed by atoms with van der Waals surface area (Å²) < 4.78 is 5.37. The van der Waals surface area contributed by atoms with Gasteiger partial charge in [-0.1, -0.05) is 13.8 Å². The maximum absolute atomic E-state index is 10.8. The second kappa shape index (κ2) is 6.07. The van der Waals surface area contributed by atoms with Crippen molar-refractivity contribution in [3.8, 4) is 5.88 Å². The van der Waals surface area contributed by atoms with Gasteiger partial charge in [0.15, 0.2) is 0 Å². The molecule has 0 fully saturated rings. The Kier molecular flexibility index (Phi) is 4.72. The van der Waals surface area contributed by atoms with Crippen LogP contribution in [0.15, 0.2) is 18.3 Å². The number of carbonyl (C=O) groups excluding carboxylic acids is 1. The van der Waals surface area contributed by atoms with Crippen molar-refractivity contribution in [1.29, 1.82) is 0 Å². The third-order valence-electron chi connectivity index (χ3n) is 1.93. The van der Waals surface area contributed by atoms with E-state index < -0.39 is 5.91 Å². The van der Waals surface area contributed by atoms with E-state index in [4.69, 9.17) is 10.5 Å². The molecular formula is C11H17N3O2. The molecular weight excluding hydrogens is 206 g/mol. The molecule has 0 spiro atoms. The molecule has 5 nitrogen and oxygen atoms in total. The van der Waals surface area contributed by atoms with Crippen molar-refractivity contribution in [3.63, 3.8) is 0 Å². The van der Waals surface area contributed by atoms with Gasteiger partial charge >= 0.3 is 0 Å². The van der Waals surface area contributed by atoms with E-state index in [0.29, 0.717) is 24.1 Å². The first-order chi connectivity index (χ1) is 7.59. The van der Waals surface area contributed by atoms with Gasteiger partial charge in [0.25, 0.3) is 0 Å². The predicted octanol–water partition coefficient (Wildman–Crippen LogP) is 0.557. The molecule has 0 aliphatic rings. The molecule has 0 aromatic carbocycles. The average Bonchev–Trinajstić information content (AvgIpc) is 2.25. The first kappa shape index (κ1) is 12.4. The van der Waals surface area contributed by atoms with Crippen molar-refractivity contribution >= 4 is 5.91 Å². The first-order valence-electron chi connectivity index (χ1n) is 5.21. The smallest absolute Gasteiger partial charge is 0.250 e. The van der Waals surface area contributed by atoms with Gasteiger partial charge in [-0.25, -0.2) is 4.98 Å². The van der Waals surface area contributed by atoms with Gasteiger partial charge in [0, 0.05) is 24.8 Å². The van der Waals surface area contributed by atoms with Gasteiger partial charge in [0.1, 0.15) is 6.61 Å². The standard InChI is InChI=1S/C11H17N3O2/c1-8(2)13-5-6-16-10-4-3-9(7-14-10)11(12)15/h3-4,7-8,13H,5-6H2,1-2H3,(H2,12,15). The van der Waals surface area contributed by atoms with Crippen LogP contribution in [0, 0.1) is 0 Å². The number of hydrogen-bond donors (Lipinski definition) is 2. The lowest BCUT2D eigenvalue weighted by atomic mass is 10.3. The topological polar surface area (TPSA) is 77.2 Å². The Morgan fingerprint density at radius 3 is 2.81 bits per heavy atom. The van der Waals surface area contributed by atoms with Crippen molar-refractivity contribution in [2.45, 2.75) is 19.9 Å². The van der Waals surface area contributed by atoms with Gasteiger partial charge in [-0.15, -0.1) is 0 Å². The Balaban J connectivity index is 2.35. The molecule has 1 aromatic rings. The zero-order chi connectivity index (χ0) is 12.0. The summed E-state index contributed by atoms with van der Waals surface area (Å²) in [6, 6.07) is 3.67. The van der Waals surface area contributed by atoms with E-state index >= 15 is 0 Å². The number of nitrogens with one attached hydrogen (secondary N) is 1. The molecule has 0 saturated carbocycles. The van der Waals surface area contributed by atoms with Gasteiger partial charge in [-0.3, -0.25) is 4.79 Å². The highest BCUT2D eigenvalue weighted by atomic mass is 16.5. The van der Waals surface area contributed by atoms with Gasteiger partial charge in [0.05, 0.1) is 5.56 Å². The summed E-state index contributed by atoms with van der Waals surface area (Å²) in [6.45, 7) is 5.44. The predicted molar refractivity (Wildman–Crippen MR) is 61.4 cm³/mol. The van der Waals surface area contributed by atoms with Crippen LogP contribution in [0.1, 0.15) is 24.2 Å². The van der Waals surface area contributed by atoms with Crippen LogP contribution in [0.5, 0.6) is 5.88 Å². The fourth-order valence-electron chi connectivity index (χ4n) is 1.11. The largest absolute Gasteiger partial charge is 0.476 e. The number of hydrogen-bond acceptors (Lipinski definition) is 4. The fourth-order valence-corrected chi connectivity index (χ4v) is 1.11. The summed E-state index contributed by atoms with van der Waals surface area (Å²) in [5, 5.41) is 3.22. The second-order valence-corrected chi connectivity index (χ2v) is 3.71. The van der Waals surface area contributed by atoms with E-state index in [-0.39, 0.29) is 0 Å². The number of nitrogens with two attached hydrogens (primary N) is 1. The molecule has 1 heterocycles. The van der Waals surface area contributed by atoms with E-state index in [1.807, 2.05) is 0 Å². The van der Waals surface area contributed by atoms with Gasteiger partial charge in [-0.05, 0) is 6.07 Å². The molecule has 16 heavy (non-hydrogen) atoms. The van der Waals surface area contributed by atoms with Crippen LogP contribution in [0.4, 0.5) is 0 Å². The summed E-state index contributed by atoms with van der Waals surface area (Å²) in [7, 11) is 0. The molecule has 0 saturated heterocycles. The van der Waals surface area contributed by atoms with E-state index in [1.54, 1.807) is 12.1 Å². The number of nitrogens with zero attached hydrogens (tertiary/aromatic N) is 1. The molecule has 0 aliphatic carbocycles. The minimum Gasteiger partial charge on any atom is -0.476 e. The van der Waals surface area contributed by atoms with Crippen LogP contribution in [-0.4, -0.2) is 30.1 Å². The van der Waals surface area contributed by atoms with Crippen molar-refractivity contribution in [2.24, 2.45) is 5.73 Å². The SMILES string of the molecule is CC(C)NCCOc1ccc(C(N)=O)cn1. The Labute approximate surface area is 95.0 Å². The molecule has 3 N–H and O–H groups in total. The van der Waals surface area contributed by atoms with Crippen LogP contribution in [0.3, 0.4) is 0 Å². The second-order valence-electron chi connectivity index (χ2n) is 3.71. The number of carbonyl (C=O) groups is 1. The molecule has 0 bridgehead atoms. The Hall–Kier alpha value is -1.62. The molecule has 1 aromatic heterocycles. The fraction of sp³-hybridized carbons (Fsp3) is 0.455. The summed E-state index contributed by atoms with van der Waals surface area (Å²) in [5.41, 5.74) is 5.47. The summed E-state index contributed by atoms with van der Waals surface area (Å²) >= 11 is 0. The van der Waals surface area contributed by atoms with Crippen molar-refractivity contribution in [1.82, 2.24) is 10.3 Å². The van der Waals surface area contributed by atoms with E-state index in [1.165, 1.54) is 6.20 Å². The van der Waals surface area contributed by atoms with Crippen LogP contribution in [-0.2, 0) is 0 Å². The number of aromatic nitrogens is 1. The maximum atomic E-state index is 10.8. The number of amides is 1. The lowest BCUT2D eigenvalue weighted by Gasteiger charge is -2.08. The normalized spacial score (nSPS) is 10.4. The lowest BCUT2D eigenvalue weighted by Crippen LogP contribution is -2.27. The number of primary amides is 1. The van der Waals surface area contributed by atoms with E-state index in [9.17, 15) is 4.79 Å². The zero-order valence-corrected chi connectivity index (χ0v) is 9.56. The first-order valence-corrected chi connectivity index (χ1v) is 5.21. The molecule has 5 heteroatoms. The van der Waals surface area contributed by atoms with Crippen LogP contribution < -0.4 is 15.8 Å². The number of pyridine rings is 1. The molecule has 0 radical (unpaired) electrons. The third kappa shape index (κ3) is 4.27. The third-order valence-corrected chi connectivity index (χ3v) is 1.93.